The molecule has 2 amide bonds. The third-order valence-corrected chi connectivity index (χ3v) is 6.36. The normalized spacial score (nSPS) is 29.0. The lowest BCUT2D eigenvalue weighted by Gasteiger charge is -2.24. The fourth-order valence-corrected chi connectivity index (χ4v) is 4.88. The van der Waals surface area contributed by atoms with Gasteiger partial charge in [-0.3, -0.25) is 19.1 Å². The van der Waals surface area contributed by atoms with E-state index >= 15 is 0 Å². The summed E-state index contributed by atoms with van der Waals surface area (Å²) in [5.74, 6) is -3.36. The van der Waals surface area contributed by atoms with Crippen LogP contribution in [-0.2, 0) is 20.9 Å². The summed E-state index contributed by atoms with van der Waals surface area (Å²) in [6, 6.07) is 0.127. The summed E-state index contributed by atoms with van der Waals surface area (Å²) in [7, 11) is 0. The summed E-state index contributed by atoms with van der Waals surface area (Å²) >= 11 is 0. The second-order valence-corrected chi connectivity index (χ2v) is 8.22. The second kappa shape index (κ2) is 8.14. The van der Waals surface area contributed by atoms with Crippen LogP contribution in [0.2, 0.25) is 0 Å². The first-order valence-corrected chi connectivity index (χ1v) is 10.6. The summed E-state index contributed by atoms with van der Waals surface area (Å²) in [4.78, 5) is 37.4. The number of carboxylic acid groups (broad SMARTS) is 1. The first-order chi connectivity index (χ1) is 14.0. The summed E-state index contributed by atoms with van der Waals surface area (Å²) in [5.41, 5.74) is 0.485. The van der Waals surface area contributed by atoms with E-state index in [-0.39, 0.29) is 23.7 Å². The van der Waals surface area contributed by atoms with E-state index in [0.29, 0.717) is 25.1 Å². The molecule has 2 aliphatic heterocycles. The van der Waals surface area contributed by atoms with Crippen LogP contribution in [0.5, 0.6) is 0 Å². The number of amides is 2. The van der Waals surface area contributed by atoms with Gasteiger partial charge in [0.25, 0.3) is 5.91 Å². The zero-order chi connectivity index (χ0) is 20.5. The number of fused-ring (bicyclic) bond motifs is 2. The van der Waals surface area contributed by atoms with Crippen molar-refractivity contribution in [2.45, 2.75) is 76.7 Å². The van der Waals surface area contributed by atoms with Crippen LogP contribution >= 0.6 is 0 Å². The Labute approximate surface area is 169 Å². The van der Waals surface area contributed by atoms with Crippen LogP contribution in [0.4, 0.5) is 5.69 Å². The van der Waals surface area contributed by atoms with Crippen LogP contribution in [0.1, 0.15) is 62.4 Å². The third kappa shape index (κ3) is 3.88. The van der Waals surface area contributed by atoms with Crippen molar-refractivity contribution in [3.05, 3.63) is 11.9 Å². The monoisotopic (exact) mass is 404 g/mol. The molecule has 9 heteroatoms. The molecule has 9 nitrogen and oxygen atoms in total. The highest BCUT2D eigenvalue weighted by Crippen LogP contribution is 2.44. The maximum atomic E-state index is 13.0. The zero-order valence-corrected chi connectivity index (χ0v) is 16.6. The van der Waals surface area contributed by atoms with Gasteiger partial charge in [0, 0.05) is 18.8 Å². The standard InChI is InChI=1S/C20H28N4O5/c1-2-24-10-12(17(23-24)19(26)21-11-6-4-3-5-7-11)22-18(25)15-13-8-9-14(29-13)16(15)20(27)28/h10-11,13-16H,2-9H2,1H3,(H,21,26)(H,22,25)(H,27,28)/t13-,14+,15+,16-/m0/s1. The number of aromatic nitrogens is 2. The largest absolute Gasteiger partial charge is 0.481 e. The van der Waals surface area contributed by atoms with Gasteiger partial charge >= 0.3 is 5.97 Å². The van der Waals surface area contributed by atoms with Crippen molar-refractivity contribution in [1.82, 2.24) is 15.1 Å². The Hall–Kier alpha value is -2.42. The lowest BCUT2D eigenvalue weighted by molar-refractivity contribution is -0.147. The average Bonchev–Trinajstić information content (AvgIpc) is 3.42. The minimum Gasteiger partial charge on any atom is -0.481 e. The smallest absolute Gasteiger partial charge is 0.310 e. The number of hydrogen-bond donors (Lipinski definition) is 3. The predicted molar refractivity (Wildman–Crippen MR) is 103 cm³/mol. The van der Waals surface area contributed by atoms with Gasteiger partial charge in [-0.25, -0.2) is 0 Å². The molecule has 1 aliphatic carbocycles. The van der Waals surface area contributed by atoms with Gasteiger partial charge in [-0.05, 0) is 32.6 Å². The van der Waals surface area contributed by atoms with Gasteiger partial charge in [0.05, 0.1) is 29.7 Å². The molecule has 3 heterocycles. The lowest BCUT2D eigenvalue weighted by Crippen LogP contribution is -2.41. The van der Waals surface area contributed by atoms with Crippen LogP contribution in [0.15, 0.2) is 6.20 Å². The van der Waals surface area contributed by atoms with Gasteiger partial charge in [0.1, 0.15) is 0 Å². The van der Waals surface area contributed by atoms with Crippen LogP contribution in [0, 0.1) is 11.8 Å². The first kappa shape index (κ1) is 19.9. The maximum Gasteiger partial charge on any atom is 0.310 e. The highest BCUT2D eigenvalue weighted by molar-refractivity contribution is 6.03. The number of carbonyl (C=O) groups excluding carboxylic acids is 2. The highest BCUT2D eigenvalue weighted by atomic mass is 16.5. The van der Waals surface area contributed by atoms with E-state index in [1.807, 2.05) is 6.92 Å². The lowest BCUT2D eigenvalue weighted by atomic mass is 9.78. The van der Waals surface area contributed by atoms with E-state index in [1.54, 1.807) is 10.9 Å². The number of hydrogen-bond acceptors (Lipinski definition) is 5. The molecule has 4 rings (SSSR count). The number of carbonyl (C=O) groups is 3. The van der Waals surface area contributed by atoms with Gasteiger partial charge < -0.3 is 20.5 Å². The van der Waals surface area contributed by atoms with Crippen LogP contribution in [-0.4, -0.2) is 50.9 Å². The molecule has 2 saturated heterocycles. The van der Waals surface area contributed by atoms with Crippen molar-refractivity contribution >= 4 is 23.5 Å². The van der Waals surface area contributed by atoms with Crippen molar-refractivity contribution in [1.29, 1.82) is 0 Å². The molecule has 0 radical (unpaired) electrons. The van der Waals surface area contributed by atoms with E-state index in [0.717, 1.165) is 25.7 Å². The third-order valence-electron chi connectivity index (χ3n) is 6.36. The Bertz CT molecular complexity index is 801. The number of aryl methyl sites for hydroxylation is 1. The van der Waals surface area contributed by atoms with Crippen molar-refractivity contribution in [2.75, 3.05) is 5.32 Å². The molecule has 0 unspecified atom stereocenters. The van der Waals surface area contributed by atoms with Crippen molar-refractivity contribution in [3.8, 4) is 0 Å². The van der Waals surface area contributed by atoms with E-state index in [4.69, 9.17) is 4.74 Å². The zero-order valence-electron chi connectivity index (χ0n) is 16.6. The number of nitrogens with zero attached hydrogens (tertiary/aromatic N) is 2. The molecule has 3 aliphatic rings. The molecule has 0 spiro atoms. The molecule has 158 valence electrons. The van der Waals surface area contributed by atoms with E-state index < -0.39 is 29.8 Å². The predicted octanol–water partition coefficient (Wildman–Crippen LogP) is 1.78. The minimum atomic E-state index is -1.02. The molecule has 1 saturated carbocycles. The Morgan fingerprint density at radius 1 is 1.14 bits per heavy atom. The Kier molecular flexibility index (Phi) is 5.58. The molecule has 0 aromatic carbocycles. The summed E-state index contributed by atoms with van der Waals surface area (Å²) in [6.45, 7) is 2.44. The topological polar surface area (TPSA) is 123 Å². The molecule has 2 bridgehead atoms. The number of carboxylic acids is 1. The van der Waals surface area contributed by atoms with Gasteiger partial charge in [-0.1, -0.05) is 19.3 Å². The summed E-state index contributed by atoms with van der Waals surface area (Å²) in [6.07, 6.45) is 7.44. The highest BCUT2D eigenvalue weighted by Gasteiger charge is 2.55. The molecule has 3 fully saturated rings. The number of ether oxygens (including phenoxy) is 1. The SMILES string of the molecule is CCn1cc(NC(=O)[C@H]2[C@@H](C(=O)O)[C@H]3CC[C@@H]2O3)c(C(=O)NC2CCCCC2)n1. The molecule has 1 aromatic heterocycles. The molecule has 29 heavy (non-hydrogen) atoms. The summed E-state index contributed by atoms with van der Waals surface area (Å²) in [5, 5.41) is 19.7. The fraction of sp³-hybridized carbons (Fsp3) is 0.700. The van der Waals surface area contributed by atoms with Gasteiger partial charge in [-0.15, -0.1) is 0 Å². The summed E-state index contributed by atoms with van der Waals surface area (Å²) < 4.78 is 7.28. The van der Waals surface area contributed by atoms with Crippen molar-refractivity contribution in [3.63, 3.8) is 0 Å². The second-order valence-electron chi connectivity index (χ2n) is 8.22. The quantitative estimate of drug-likeness (QED) is 0.664. The number of nitrogens with one attached hydrogen (secondary N) is 2. The molecular formula is C20H28N4O5. The van der Waals surface area contributed by atoms with Crippen molar-refractivity contribution < 1.29 is 24.2 Å². The molecule has 4 atom stereocenters. The van der Waals surface area contributed by atoms with E-state index in [1.165, 1.54) is 6.42 Å². The molecular weight excluding hydrogens is 376 g/mol. The van der Waals surface area contributed by atoms with Gasteiger partial charge in [0.2, 0.25) is 5.91 Å². The van der Waals surface area contributed by atoms with Crippen molar-refractivity contribution in [2.24, 2.45) is 11.8 Å². The fourth-order valence-electron chi connectivity index (χ4n) is 4.88. The number of aliphatic carboxylic acids is 1. The minimum absolute atomic E-state index is 0.127. The Morgan fingerprint density at radius 3 is 2.48 bits per heavy atom. The average molecular weight is 404 g/mol. The van der Waals surface area contributed by atoms with Gasteiger partial charge in [0.15, 0.2) is 5.69 Å². The maximum absolute atomic E-state index is 13.0. The van der Waals surface area contributed by atoms with E-state index in [9.17, 15) is 19.5 Å². The van der Waals surface area contributed by atoms with Crippen LogP contribution < -0.4 is 10.6 Å². The Morgan fingerprint density at radius 2 is 1.83 bits per heavy atom. The van der Waals surface area contributed by atoms with Gasteiger partial charge in [-0.2, -0.15) is 5.10 Å². The van der Waals surface area contributed by atoms with Crippen LogP contribution in [0.3, 0.4) is 0 Å². The molecule has 1 aromatic rings. The number of rotatable bonds is 6. The molecule has 3 N–H and O–H groups in total. The number of anilines is 1. The van der Waals surface area contributed by atoms with Crippen LogP contribution in [0.25, 0.3) is 0 Å². The van der Waals surface area contributed by atoms with E-state index in [2.05, 4.69) is 15.7 Å². The Balaban J connectivity index is 1.50. The first-order valence-electron chi connectivity index (χ1n) is 10.6.